The predicted molar refractivity (Wildman–Crippen MR) is 105 cm³/mol. The molecule has 0 aromatic rings. The van der Waals surface area contributed by atoms with Crippen LogP contribution in [0.25, 0.3) is 0 Å². The lowest BCUT2D eigenvalue weighted by Gasteiger charge is -2.34. The number of likely N-dealkylation sites (N-methyl/N-ethyl adjacent to an activating group) is 1. The second-order valence-electron chi connectivity index (χ2n) is 7.89. The molecular formula is C20H36N4O3. The number of nitrogens with one attached hydrogen (secondary N) is 1. The molecule has 154 valence electrons. The quantitative estimate of drug-likeness (QED) is 0.717. The SMILES string of the molecule is CCCNC(=O)CN(C)C(=O)CN1CCC(C(=O)N2CCCCCC2)CC1. The van der Waals surface area contributed by atoms with Gasteiger partial charge >= 0.3 is 0 Å². The van der Waals surface area contributed by atoms with Gasteiger partial charge in [-0.05, 0) is 45.2 Å². The van der Waals surface area contributed by atoms with Crippen LogP contribution in [0.1, 0.15) is 51.9 Å². The van der Waals surface area contributed by atoms with Crippen LogP contribution >= 0.6 is 0 Å². The Labute approximate surface area is 163 Å². The zero-order valence-corrected chi connectivity index (χ0v) is 17.0. The fourth-order valence-electron chi connectivity index (χ4n) is 3.82. The Bertz CT molecular complexity index is 495. The summed E-state index contributed by atoms with van der Waals surface area (Å²) < 4.78 is 0. The molecule has 7 heteroatoms. The van der Waals surface area contributed by atoms with E-state index in [1.165, 1.54) is 17.7 Å². The molecule has 2 saturated heterocycles. The van der Waals surface area contributed by atoms with Gasteiger partial charge in [-0.1, -0.05) is 19.8 Å². The molecule has 3 amide bonds. The fourth-order valence-corrected chi connectivity index (χ4v) is 3.82. The first kappa shape index (κ1) is 21.7. The van der Waals surface area contributed by atoms with E-state index in [2.05, 4.69) is 15.1 Å². The highest BCUT2D eigenvalue weighted by Gasteiger charge is 2.29. The van der Waals surface area contributed by atoms with Crippen LogP contribution in [0.15, 0.2) is 0 Å². The van der Waals surface area contributed by atoms with Gasteiger partial charge in [0.05, 0.1) is 13.1 Å². The van der Waals surface area contributed by atoms with E-state index in [0.29, 0.717) is 19.0 Å². The largest absolute Gasteiger partial charge is 0.355 e. The molecule has 27 heavy (non-hydrogen) atoms. The van der Waals surface area contributed by atoms with E-state index < -0.39 is 0 Å². The van der Waals surface area contributed by atoms with Gasteiger partial charge in [-0.2, -0.15) is 0 Å². The lowest BCUT2D eigenvalue weighted by Crippen LogP contribution is -2.47. The number of piperidine rings is 1. The Hall–Kier alpha value is -1.63. The third-order valence-electron chi connectivity index (χ3n) is 5.59. The highest BCUT2D eigenvalue weighted by Crippen LogP contribution is 2.21. The van der Waals surface area contributed by atoms with E-state index in [1.54, 1.807) is 7.05 Å². The van der Waals surface area contributed by atoms with Crippen LogP contribution < -0.4 is 5.32 Å². The van der Waals surface area contributed by atoms with Gasteiger partial charge in [0, 0.05) is 32.6 Å². The van der Waals surface area contributed by atoms with Crippen molar-refractivity contribution in [2.24, 2.45) is 5.92 Å². The van der Waals surface area contributed by atoms with Gasteiger partial charge in [-0.3, -0.25) is 19.3 Å². The first-order valence-electron chi connectivity index (χ1n) is 10.5. The molecule has 0 aromatic heterocycles. The van der Waals surface area contributed by atoms with Crippen LogP contribution in [0.4, 0.5) is 0 Å². The molecule has 2 aliphatic heterocycles. The van der Waals surface area contributed by atoms with Gasteiger partial charge in [0.2, 0.25) is 17.7 Å². The van der Waals surface area contributed by atoms with E-state index in [-0.39, 0.29) is 24.3 Å². The second kappa shape index (κ2) is 11.3. The average molecular weight is 381 g/mol. The Morgan fingerprint density at radius 1 is 1.00 bits per heavy atom. The van der Waals surface area contributed by atoms with Crippen LogP contribution in [0.2, 0.25) is 0 Å². The van der Waals surface area contributed by atoms with Crippen LogP contribution in [0.5, 0.6) is 0 Å². The molecule has 0 aliphatic carbocycles. The summed E-state index contributed by atoms with van der Waals surface area (Å²) in [4.78, 5) is 42.5. The maximum atomic E-state index is 12.7. The number of hydrogen-bond acceptors (Lipinski definition) is 4. The molecule has 2 aliphatic rings. The minimum atomic E-state index is -0.116. The van der Waals surface area contributed by atoms with Crippen molar-refractivity contribution < 1.29 is 14.4 Å². The molecule has 2 rings (SSSR count). The van der Waals surface area contributed by atoms with Crippen molar-refractivity contribution in [1.29, 1.82) is 0 Å². The van der Waals surface area contributed by atoms with Gasteiger partial charge in [-0.25, -0.2) is 0 Å². The van der Waals surface area contributed by atoms with Gasteiger partial charge in [-0.15, -0.1) is 0 Å². The number of carbonyl (C=O) groups excluding carboxylic acids is 3. The fraction of sp³-hybridized carbons (Fsp3) is 0.850. The Kier molecular flexibility index (Phi) is 9.04. The maximum Gasteiger partial charge on any atom is 0.239 e. The van der Waals surface area contributed by atoms with Crippen LogP contribution in [-0.2, 0) is 14.4 Å². The van der Waals surface area contributed by atoms with Gasteiger partial charge in [0.15, 0.2) is 0 Å². The maximum absolute atomic E-state index is 12.7. The molecule has 0 spiro atoms. The van der Waals surface area contributed by atoms with Gasteiger partial charge < -0.3 is 15.1 Å². The van der Waals surface area contributed by atoms with E-state index >= 15 is 0 Å². The molecule has 0 radical (unpaired) electrons. The number of rotatable bonds is 7. The lowest BCUT2D eigenvalue weighted by molar-refractivity contribution is -0.138. The van der Waals surface area contributed by atoms with Gasteiger partial charge in [0.1, 0.15) is 0 Å². The number of nitrogens with zero attached hydrogens (tertiary/aromatic N) is 3. The summed E-state index contributed by atoms with van der Waals surface area (Å²) in [5, 5.41) is 2.79. The number of amides is 3. The van der Waals surface area contributed by atoms with Crippen molar-refractivity contribution in [2.45, 2.75) is 51.9 Å². The monoisotopic (exact) mass is 380 g/mol. The minimum Gasteiger partial charge on any atom is -0.355 e. The summed E-state index contributed by atoms with van der Waals surface area (Å²) >= 11 is 0. The molecule has 2 heterocycles. The summed E-state index contributed by atoms with van der Waals surface area (Å²) in [5.74, 6) is 0.257. The normalized spacial score (nSPS) is 19.4. The molecule has 7 nitrogen and oxygen atoms in total. The van der Waals surface area contributed by atoms with E-state index in [4.69, 9.17) is 0 Å². The number of hydrogen-bond donors (Lipinski definition) is 1. The smallest absolute Gasteiger partial charge is 0.239 e. The number of likely N-dealkylation sites (tertiary alicyclic amines) is 2. The minimum absolute atomic E-state index is 0.0426. The topological polar surface area (TPSA) is 73.0 Å². The van der Waals surface area contributed by atoms with E-state index in [9.17, 15) is 14.4 Å². The van der Waals surface area contributed by atoms with Gasteiger partial charge in [0.25, 0.3) is 0 Å². The molecular weight excluding hydrogens is 344 g/mol. The number of carbonyl (C=O) groups is 3. The Morgan fingerprint density at radius 3 is 2.22 bits per heavy atom. The molecule has 0 unspecified atom stereocenters. The second-order valence-corrected chi connectivity index (χ2v) is 7.89. The van der Waals surface area contributed by atoms with E-state index in [0.717, 1.165) is 58.3 Å². The third kappa shape index (κ3) is 7.13. The first-order chi connectivity index (χ1) is 13.0. The van der Waals surface area contributed by atoms with Crippen LogP contribution in [0, 0.1) is 5.92 Å². The lowest BCUT2D eigenvalue weighted by atomic mass is 9.95. The highest BCUT2D eigenvalue weighted by atomic mass is 16.2. The summed E-state index contributed by atoms with van der Waals surface area (Å²) in [6, 6.07) is 0. The summed E-state index contributed by atoms with van der Waals surface area (Å²) in [7, 11) is 1.67. The Morgan fingerprint density at radius 2 is 1.63 bits per heavy atom. The summed E-state index contributed by atoms with van der Waals surface area (Å²) in [5.41, 5.74) is 0. The van der Waals surface area contributed by atoms with Crippen molar-refractivity contribution in [3.05, 3.63) is 0 Å². The molecule has 0 aromatic carbocycles. The standard InChI is InChI=1S/C20H36N4O3/c1-3-10-21-18(25)15-22(2)19(26)16-23-13-8-17(9-14-23)20(27)24-11-6-4-5-7-12-24/h17H,3-16H2,1-2H3,(H,21,25). The zero-order chi connectivity index (χ0) is 19.6. The first-order valence-corrected chi connectivity index (χ1v) is 10.5. The Balaban J connectivity index is 1.71. The van der Waals surface area contributed by atoms with Crippen molar-refractivity contribution in [3.63, 3.8) is 0 Å². The zero-order valence-electron chi connectivity index (χ0n) is 17.0. The van der Waals surface area contributed by atoms with Crippen molar-refractivity contribution in [3.8, 4) is 0 Å². The van der Waals surface area contributed by atoms with E-state index in [1.807, 2.05) is 6.92 Å². The molecule has 0 saturated carbocycles. The van der Waals surface area contributed by atoms with Crippen molar-refractivity contribution >= 4 is 17.7 Å². The summed E-state index contributed by atoms with van der Waals surface area (Å²) in [6.45, 7) is 6.41. The predicted octanol–water partition coefficient (Wildman–Crippen LogP) is 1.09. The van der Waals surface area contributed by atoms with Crippen molar-refractivity contribution in [1.82, 2.24) is 20.0 Å². The van der Waals surface area contributed by atoms with Crippen LogP contribution in [-0.4, -0.2) is 85.3 Å². The molecule has 2 fully saturated rings. The molecule has 1 N–H and O–H groups in total. The highest BCUT2D eigenvalue weighted by molar-refractivity contribution is 5.85. The molecule has 0 bridgehead atoms. The van der Waals surface area contributed by atoms with Crippen molar-refractivity contribution in [2.75, 3.05) is 52.9 Å². The summed E-state index contributed by atoms with van der Waals surface area (Å²) in [6.07, 6.45) is 7.23. The third-order valence-corrected chi connectivity index (χ3v) is 5.59. The van der Waals surface area contributed by atoms with Crippen LogP contribution in [0.3, 0.4) is 0 Å². The molecule has 0 atom stereocenters. The average Bonchev–Trinajstić information content (AvgIpc) is 2.95.